The van der Waals surface area contributed by atoms with Crippen molar-refractivity contribution in [3.05, 3.63) is 12.3 Å². The van der Waals surface area contributed by atoms with Gasteiger partial charge in [0.15, 0.2) is 0 Å². The molecule has 0 aliphatic rings. The molecule has 1 atom stereocenters. The predicted octanol–water partition coefficient (Wildman–Crippen LogP) is 0.437. The van der Waals surface area contributed by atoms with E-state index in [2.05, 4.69) is 17.2 Å². The standard InChI is InChI=1S/C9H21N3/c1-8(11-2)9(12-3)6-4-5-7-10/h9,11-12H,1,4-7,10H2,2-3H3. The fraction of sp³-hybridized carbons (Fsp3) is 0.778. The second-order valence-corrected chi connectivity index (χ2v) is 2.90. The minimum Gasteiger partial charge on any atom is -0.391 e. The molecule has 1 unspecified atom stereocenters. The molecule has 0 amide bonds. The van der Waals surface area contributed by atoms with Gasteiger partial charge in [0.1, 0.15) is 0 Å². The number of unbranched alkanes of at least 4 members (excludes halogenated alkanes) is 1. The number of nitrogens with one attached hydrogen (secondary N) is 2. The lowest BCUT2D eigenvalue weighted by molar-refractivity contribution is 0.531. The lowest BCUT2D eigenvalue weighted by Gasteiger charge is -2.18. The molecule has 3 nitrogen and oxygen atoms in total. The van der Waals surface area contributed by atoms with Gasteiger partial charge in [-0.25, -0.2) is 0 Å². The van der Waals surface area contributed by atoms with Gasteiger partial charge < -0.3 is 16.4 Å². The second-order valence-electron chi connectivity index (χ2n) is 2.90. The normalized spacial score (nSPS) is 12.6. The van der Waals surface area contributed by atoms with E-state index in [1.165, 1.54) is 0 Å². The zero-order chi connectivity index (χ0) is 9.40. The van der Waals surface area contributed by atoms with Crippen molar-refractivity contribution in [2.75, 3.05) is 20.6 Å². The predicted molar refractivity (Wildman–Crippen MR) is 54.0 cm³/mol. The molecular formula is C9H21N3. The van der Waals surface area contributed by atoms with Gasteiger partial charge in [0.2, 0.25) is 0 Å². The summed E-state index contributed by atoms with van der Waals surface area (Å²) in [6.07, 6.45) is 3.35. The van der Waals surface area contributed by atoms with Crippen LogP contribution in [0.3, 0.4) is 0 Å². The van der Waals surface area contributed by atoms with Gasteiger partial charge in [-0.3, -0.25) is 0 Å². The van der Waals surface area contributed by atoms with Gasteiger partial charge >= 0.3 is 0 Å². The van der Waals surface area contributed by atoms with E-state index < -0.39 is 0 Å². The highest BCUT2D eigenvalue weighted by Crippen LogP contribution is 2.04. The molecule has 0 rings (SSSR count). The van der Waals surface area contributed by atoms with Crippen LogP contribution >= 0.6 is 0 Å². The zero-order valence-electron chi connectivity index (χ0n) is 8.19. The van der Waals surface area contributed by atoms with Crippen molar-refractivity contribution < 1.29 is 0 Å². The molecule has 4 N–H and O–H groups in total. The van der Waals surface area contributed by atoms with Crippen LogP contribution in [0.25, 0.3) is 0 Å². The first-order chi connectivity index (χ1) is 5.76. The van der Waals surface area contributed by atoms with Crippen LogP contribution in [0.5, 0.6) is 0 Å². The van der Waals surface area contributed by atoms with Gasteiger partial charge in [-0.2, -0.15) is 0 Å². The molecule has 0 aliphatic heterocycles. The topological polar surface area (TPSA) is 50.1 Å². The van der Waals surface area contributed by atoms with Crippen molar-refractivity contribution in [3.63, 3.8) is 0 Å². The Morgan fingerprint density at radius 1 is 1.42 bits per heavy atom. The molecule has 12 heavy (non-hydrogen) atoms. The SMILES string of the molecule is C=C(NC)C(CCCCN)NC. The Balaban J connectivity index is 3.60. The Kier molecular flexibility index (Phi) is 6.81. The van der Waals surface area contributed by atoms with Gasteiger partial charge in [0, 0.05) is 18.8 Å². The lowest BCUT2D eigenvalue weighted by atomic mass is 10.1. The van der Waals surface area contributed by atoms with Crippen LogP contribution in [0, 0.1) is 0 Å². The molecule has 0 aromatic carbocycles. The summed E-state index contributed by atoms with van der Waals surface area (Å²) in [7, 11) is 3.85. The van der Waals surface area contributed by atoms with Crippen molar-refractivity contribution in [1.82, 2.24) is 10.6 Å². The number of hydrogen-bond donors (Lipinski definition) is 3. The summed E-state index contributed by atoms with van der Waals surface area (Å²) >= 11 is 0. The van der Waals surface area contributed by atoms with Crippen LogP contribution in [0.4, 0.5) is 0 Å². The van der Waals surface area contributed by atoms with E-state index >= 15 is 0 Å². The molecule has 0 fully saturated rings. The van der Waals surface area contributed by atoms with E-state index in [4.69, 9.17) is 5.73 Å². The van der Waals surface area contributed by atoms with Crippen LogP contribution in [0.1, 0.15) is 19.3 Å². The Bertz CT molecular complexity index is 123. The van der Waals surface area contributed by atoms with E-state index in [0.29, 0.717) is 6.04 Å². The highest BCUT2D eigenvalue weighted by molar-refractivity contribution is 5.01. The monoisotopic (exact) mass is 171 g/mol. The number of rotatable bonds is 7. The Morgan fingerprint density at radius 3 is 2.50 bits per heavy atom. The average Bonchev–Trinajstić information content (AvgIpc) is 2.11. The highest BCUT2D eigenvalue weighted by Gasteiger charge is 2.07. The van der Waals surface area contributed by atoms with E-state index in [0.717, 1.165) is 31.5 Å². The maximum Gasteiger partial charge on any atom is 0.0460 e. The molecule has 0 spiro atoms. The maximum atomic E-state index is 5.41. The molecule has 0 aliphatic carbocycles. The van der Waals surface area contributed by atoms with Crippen LogP contribution in [-0.2, 0) is 0 Å². The molecular weight excluding hydrogens is 150 g/mol. The van der Waals surface area contributed by atoms with Crippen molar-refractivity contribution in [3.8, 4) is 0 Å². The Hall–Kier alpha value is -0.540. The van der Waals surface area contributed by atoms with Crippen LogP contribution in [0.2, 0.25) is 0 Å². The van der Waals surface area contributed by atoms with Crippen molar-refractivity contribution in [2.45, 2.75) is 25.3 Å². The third kappa shape index (κ3) is 4.36. The maximum absolute atomic E-state index is 5.41. The molecule has 72 valence electrons. The third-order valence-electron chi connectivity index (χ3n) is 2.04. The first kappa shape index (κ1) is 11.5. The smallest absolute Gasteiger partial charge is 0.0460 e. The summed E-state index contributed by atoms with van der Waals surface area (Å²) in [5.41, 5.74) is 6.46. The Morgan fingerprint density at radius 2 is 2.08 bits per heavy atom. The van der Waals surface area contributed by atoms with Crippen LogP contribution in [0.15, 0.2) is 12.3 Å². The summed E-state index contributed by atoms with van der Waals surface area (Å²) in [5, 5.41) is 6.26. The summed E-state index contributed by atoms with van der Waals surface area (Å²) < 4.78 is 0. The van der Waals surface area contributed by atoms with Gasteiger partial charge in [-0.15, -0.1) is 0 Å². The lowest BCUT2D eigenvalue weighted by Crippen LogP contribution is -2.32. The quantitative estimate of drug-likeness (QED) is 0.487. The highest BCUT2D eigenvalue weighted by atomic mass is 15.0. The van der Waals surface area contributed by atoms with E-state index in [1.807, 2.05) is 14.1 Å². The third-order valence-corrected chi connectivity index (χ3v) is 2.04. The fourth-order valence-electron chi connectivity index (χ4n) is 1.16. The molecule has 0 saturated heterocycles. The largest absolute Gasteiger partial charge is 0.391 e. The molecule has 3 heteroatoms. The molecule has 0 radical (unpaired) electrons. The van der Waals surface area contributed by atoms with Crippen molar-refractivity contribution >= 4 is 0 Å². The van der Waals surface area contributed by atoms with Crippen molar-refractivity contribution in [1.29, 1.82) is 0 Å². The summed E-state index contributed by atoms with van der Waals surface area (Å²) in [6, 6.07) is 0.376. The minimum absolute atomic E-state index is 0.376. The molecule has 0 bridgehead atoms. The summed E-state index contributed by atoms with van der Waals surface area (Å²) in [4.78, 5) is 0. The van der Waals surface area contributed by atoms with E-state index in [-0.39, 0.29) is 0 Å². The van der Waals surface area contributed by atoms with Gasteiger partial charge in [-0.1, -0.05) is 13.0 Å². The molecule has 0 heterocycles. The number of nitrogens with two attached hydrogens (primary N) is 1. The van der Waals surface area contributed by atoms with Crippen LogP contribution in [-0.4, -0.2) is 26.7 Å². The summed E-state index contributed by atoms with van der Waals surface area (Å²) in [6.45, 7) is 4.70. The molecule has 0 aromatic heterocycles. The van der Waals surface area contributed by atoms with Gasteiger partial charge in [0.25, 0.3) is 0 Å². The van der Waals surface area contributed by atoms with Crippen LogP contribution < -0.4 is 16.4 Å². The first-order valence-electron chi connectivity index (χ1n) is 4.50. The number of hydrogen-bond acceptors (Lipinski definition) is 3. The minimum atomic E-state index is 0.376. The van der Waals surface area contributed by atoms with E-state index in [9.17, 15) is 0 Å². The van der Waals surface area contributed by atoms with E-state index in [1.54, 1.807) is 0 Å². The first-order valence-corrected chi connectivity index (χ1v) is 4.50. The zero-order valence-corrected chi connectivity index (χ0v) is 8.19. The number of likely N-dealkylation sites (N-methyl/N-ethyl adjacent to an activating group) is 2. The Labute approximate surface area is 75.4 Å². The van der Waals surface area contributed by atoms with Crippen molar-refractivity contribution in [2.24, 2.45) is 5.73 Å². The van der Waals surface area contributed by atoms with Gasteiger partial charge in [-0.05, 0) is 26.4 Å². The molecule has 0 saturated carbocycles. The summed E-state index contributed by atoms with van der Waals surface area (Å²) in [5.74, 6) is 0. The molecule has 0 aromatic rings. The average molecular weight is 171 g/mol. The van der Waals surface area contributed by atoms with Gasteiger partial charge in [0.05, 0.1) is 0 Å². The second kappa shape index (κ2) is 7.13. The fourth-order valence-corrected chi connectivity index (χ4v) is 1.16.